The van der Waals surface area contributed by atoms with E-state index in [1.165, 1.54) is 7.11 Å². The van der Waals surface area contributed by atoms with E-state index in [2.05, 4.69) is 0 Å². The zero-order valence-corrected chi connectivity index (χ0v) is 8.32. The molecule has 1 atom stereocenters. The Labute approximate surface area is 82.9 Å². The van der Waals surface area contributed by atoms with E-state index < -0.39 is 6.04 Å². The summed E-state index contributed by atoms with van der Waals surface area (Å²) in [6.07, 6.45) is 0. The lowest BCUT2D eigenvalue weighted by molar-refractivity contribution is 0.261. The van der Waals surface area contributed by atoms with Crippen molar-refractivity contribution in [3.8, 4) is 11.5 Å². The molecule has 14 heavy (non-hydrogen) atoms. The van der Waals surface area contributed by atoms with Gasteiger partial charge < -0.3 is 20.7 Å². The van der Waals surface area contributed by atoms with Crippen molar-refractivity contribution in [2.24, 2.45) is 5.73 Å². The molecule has 4 nitrogen and oxygen atoms in total. The van der Waals surface area contributed by atoms with Gasteiger partial charge in [-0.1, -0.05) is 0 Å². The second kappa shape index (κ2) is 4.30. The van der Waals surface area contributed by atoms with Gasteiger partial charge in [0.25, 0.3) is 0 Å². The van der Waals surface area contributed by atoms with E-state index in [-0.39, 0.29) is 12.4 Å². The smallest absolute Gasteiger partial charge is 0.127 e. The number of aliphatic hydroxyl groups excluding tert-OH is 1. The van der Waals surface area contributed by atoms with E-state index in [4.69, 9.17) is 15.6 Å². The Hall–Kier alpha value is -1.26. The van der Waals surface area contributed by atoms with Gasteiger partial charge in [-0.15, -0.1) is 0 Å². The fourth-order valence-electron chi connectivity index (χ4n) is 1.38. The van der Waals surface area contributed by atoms with Crippen LogP contribution < -0.4 is 10.5 Å². The average molecular weight is 197 g/mol. The molecular formula is C10H15NO3. The van der Waals surface area contributed by atoms with Crippen molar-refractivity contribution in [1.82, 2.24) is 0 Å². The summed E-state index contributed by atoms with van der Waals surface area (Å²) in [6, 6.07) is 2.74. The molecule has 4 heteroatoms. The SMILES string of the molecule is COc1cc(C)cc(O)c1C(N)CO. The van der Waals surface area contributed by atoms with Crippen molar-refractivity contribution in [3.63, 3.8) is 0 Å². The first-order valence-electron chi connectivity index (χ1n) is 4.34. The largest absolute Gasteiger partial charge is 0.507 e. The minimum Gasteiger partial charge on any atom is -0.507 e. The number of ether oxygens (including phenoxy) is 1. The van der Waals surface area contributed by atoms with Crippen molar-refractivity contribution in [1.29, 1.82) is 0 Å². The number of phenolic OH excluding ortho intramolecular Hbond substituents is 1. The maximum Gasteiger partial charge on any atom is 0.127 e. The van der Waals surface area contributed by atoms with Crippen LogP contribution in [0.2, 0.25) is 0 Å². The van der Waals surface area contributed by atoms with E-state index in [0.29, 0.717) is 11.3 Å². The fraction of sp³-hybridized carbons (Fsp3) is 0.400. The molecule has 0 aliphatic carbocycles. The van der Waals surface area contributed by atoms with E-state index in [9.17, 15) is 5.11 Å². The van der Waals surface area contributed by atoms with Crippen molar-refractivity contribution >= 4 is 0 Å². The number of nitrogens with two attached hydrogens (primary N) is 1. The molecule has 0 radical (unpaired) electrons. The number of aliphatic hydroxyl groups is 1. The standard InChI is InChI=1S/C10H15NO3/c1-6-3-8(13)10(7(11)5-12)9(4-6)14-2/h3-4,7,12-13H,5,11H2,1-2H3. The third kappa shape index (κ3) is 1.97. The molecule has 0 heterocycles. The first-order chi connectivity index (χ1) is 6.60. The molecule has 0 bridgehead atoms. The maximum atomic E-state index is 9.63. The summed E-state index contributed by atoms with van der Waals surface area (Å²) >= 11 is 0. The number of methoxy groups -OCH3 is 1. The lowest BCUT2D eigenvalue weighted by atomic mass is 10.0. The molecule has 0 aliphatic rings. The highest BCUT2D eigenvalue weighted by atomic mass is 16.5. The van der Waals surface area contributed by atoms with Gasteiger partial charge in [0.1, 0.15) is 11.5 Å². The lowest BCUT2D eigenvalue weighted by Crippen LogP contribution is -2.15. The molecule has 0 amide bonds. The van der Waals surface area contributed by atoms with Crippen molar-refractivity contribution in [2.45, 2.75) is 13.0 Å². The van der Waals surface area contributed by atoms with Crippen LogP contribution in [0.1, 0.15) is 17.2 Å². The normalized spacial score (nSPS) is 12.6. The summed E-state index contributed by atoms with van der Waals surface area (Å²) in [5.74, 6) is 0.562. The number of benzene rings is 1. The Kier molecular flexibility index (Phi) is 3.33. The van der Waals surface area contributed by atoms with E-state index in [1.807, 2.05) is 6.92 Å². The summed E-state index contributed by atoms with van der Waals surface area (Å²) in [5, 5.41) is 18.5. The Morgan fingerprint density at radius 3 is 2.64 bits per heavy atom. The van der Waals surface area contributed by atoms with Gasteiger partial charge in [-0.25, -0.2) is 0 Å². The summed E-state index contributed by atoms with van der Waals surface area (Å²) < 4.78 is 5.08. The first kappa shape index (κ1) is 10.8. The van der Waals surface area contributed by atoms with E-state index >= 15 is 0 Å². The van der Waals surface area contributed by atoms with Crippen molar-refractivity contribution in [2.75, 3.05) is 13.7 Å². The minimum absolute atomic E-state index is 0.0587. The van der Waals surface area contributed by atoms with Gasteiger partial charge in [0, 0.05) is 0 Å². The van der Waals surface area contributed by atoms with E-state index in [0.717, 1.165) is 5.56 Å². The van der Waals surface area contributed by atoms with Crippen LogP contribution in [0.25, 0.3) is 0 Å². The second-order valence-electron chi connectivity index (χ2n) is 3.19. The number of aryl methyl sites for hydroxylation is 1. The van der Waals surface area contributed by atoms with E-state index in [1.54, 1.807) is 12.1 Å². The number of aromatic hydroxyl groups is 1. The predicted molar refractivity (Wildman–Crippen MR) is 53.4 cm³/mol. The molecule has 1 rings (SSSR count). The van der Waals surface area contributed by atoms with Crippen molar-refractivity contribution < 1.29 is 14.9 Å². The number of hydrogen-bond acceptors (Lipinski definition) is 4. The quantitative estimate of drug-likeness (QED) is 0.666. The Bertz CT molecular complexity index is 325. The third-order valence-electron chi connectivity index (χ3n) is 2.05. The van der Waals surface area contributed by atoms with Crippen LogP contribution in [-0.4, -0.2) is 23.9 Å². The molecule has 0 saturated heterocycles. The molecule has 78 valence electrons. The number of phenols is 1. The molecule has 0 fully saturated rings. The molecular weight excluding hydrogens is 182 g/mol. The van der Waals surface area contributed by atoms with Gasteiger partial charge in [0.2, 0.25) is 0 Å². The maximum absolute atomic E-state index is 9.63. The molecule has 0 aliphatic heterocycles. The van der Waals surface area contributed by atoms with Crippen LogP contribution in [0.5, 0.6) is 11.5 Å². The third-order valence-corrected chi connectivity index (χ3v) is 2.05. The van der Waals surface area contributed by atoms with Crippen molar-refractivity contribution in [3.05, 3.63) is 23.3 Å². The zero-order chi connectivity index (χ0) is 10.7. The van der Waals surface area contributed by atoms with Crippen LogP contribution in [0.15, 0.2) is 12.1 Å². The average Bonchev–Trinajstić information content (AvgIpc) is 2.15. The minimum atomic E-state index is -0.620. The molecule has 0 saturated carbocycles. The Balaban J connectivity index is 3.24. The molecule has 0 aromatic heterocycles. The predicted octanol–water partition coefficient (Wildman–Crippen LogP) is 0.701. The molecule has 1 aromatic carbocycles. The van der Waals surface area contributed by atoms with Gasteiger partial charge in [-0.3, -0.25) is 0 Å². The van der Waals surface area contributed by atoms with Crippen LogP contribution in [-0.2, 0) is 0 Å². The van der Waals surface area contributed by atoms with Crippen LogP contribution >= 0.6 is 0 Å². The first-order valence-corrected chi connectivity index (χ1v) is 4.34. The summed E-state index contributed by atoms with van der Waals surface area (Å²) in [7, 11) is 1.50. The summed E-state index contributed by atoms with van der Waals surface area (Å²) in [5.41, 5.74) is 6.96. The van der Waals surface area contributed by atoms with Gasteiger partial charge in [-0.2, -0.15) is 0 Å². The molecule has 0 spiro atoms. The van der Waals surface area contributed by atoms with Gasteiger partial charge in [0.15, 0.2) is 0 Å². The number of hydrogen-bond donors (Lipinski definition) is 3. The van der Waals surface area contributed by atoms with Gasteiger partial charge in [0.05, 0.1) is 25.3 Å². The Morgan fingerprint density at radius 1 is 1.50 bits per heavy atom. The highest BCUT2D eigenvalue weighted by molar-refractivity contribution is 5.48. The summed E-state index contributed by atoms with van der Waals surface area (Å²) in [4.78, 5) is 0. The van der Waals surface area contributed by atoms with Gasteiger partial charge in [-0.05, 0) is 24.6 Å². The van der Waals surface area contributed by atoms with Gasteiger partial charge >= 0.3 is 0 Å². The summed E-state index contributed by atoms with van der Waals surface area (Å²) in [6.45, 7) is 1.61. The number of rotatable bonds is 3. The highest BCUT2D eigenvalue weighted by Crippen LogP contribution is 2.33. The lowest BCUT2D eigenvalue weighted by Gasteiger charge is -2.15. The molecule has 1 aromatic rings. The monoisotopic (exact) mass is 197 g/mol. The highest BCUT2D eigenvalue weighted by Gasteiger charge is 2.16. The second-order valence-corrected chi connectivity index (χ2v) is 3.19. The fourth-order valence-corrected chi connectivity index (χ4v) is 1.38. The Morgan fingerprint density at radius 2 is 2.14 bits per heavy atom. The topological polar surface area (TPSA) is 75.7 Å². The van der Waals surface area contributed by atoms with Crippen LogP contribution in [0.3, 0.4) is 0 Å². The molecule has 1 unspecified atom stereocenters. The van der Waals surface area contributed by atoms with Crippen LogP contribution in [0.4, 0.5) is 0 Å². The van der Waals surface area contributed by atoms with Crippen LogP contribution in [0, 0.1) is 6.92 Å². The zero-order valence-electron chi connectivity index (χ0n) is 8.32. The molecule has 4 N–H and O–H groups in total.